The van der Waals surface area contributed by atoms with Gasteiger partial charge in [0.2, 0.25) is 10.0 Å². The van der Waals surface area contributed by atoms with Crippen molar-refractivity contribution in [2.45, 2.75) is 11.5 Å². The van der Waals surface area contributed by atoms with E-state index in [1.54, 1.807) is 0 Å². The Labute approximate surface area is 149 Å². The summed E-state index contributed by atoms with van der Waals surface area (Å²) in [6, 6.07) is 13.0. The minimum Gasteiger partial charge on any atom is -0.488 e. The molecule has 0 saturated carbocycles. The van der Waals surface area contributed by atoms with E-state index in [0.717, 1.165) is 11.3 Å². The number of sulfonamides is 1. The van der Waals surface area contributed by atoms with E-state index < -0.39 is 15.9 Å². The van der Waals surface area contributed by atoms with Crippen LogP contribution in [0.4, 0.5) is 5.69 Å². The number of ether oxygens (including phenoxy) is 1. The Morgan fingerprint density at radius 2 is 1.88 bits per heavy atom. The Morgan fingerprint density at radius 3 is 2.62 bits per heavy atom. The number of nitrogens with one attached hydrogen (secondary N) is 2. The molecule has 0 atom stereocenters. The zero-order chi connectivity index (χ0) is 18.3. The van der Waals surface area contributed by atoms with Gasteiger partial charge in [0, 0.05) is 16.8 Å². The third-order valence-electron chi connectivity index (χ3n) is 4.05. The van der Waals surface area contributed by atoms with Crippen molar-refractivity contribution in [1.29, 1.82) is 0 Å². The van der Waals surface area contributed by atoms with Gasteiger partial charge in [0.25, 0.3) is 5.91 Å². The van der Waals surface area contributed by atoms with Crippen LogP contribution in [-0.2, 0) is 16.6 Å². The Hall–Kier alpha value is -3.17. The number of amides is 1. The molecule has 0 saturated heterocycles. The quantitative estimate of drug-likeness (QED) is 0.648. The monoisotopic (exact) mass is 370 g/mol. The number of para-hydroxylation sites is 1. The van der Waals surface area contributed by atoms with Gasteiger partial charge in [-0.2, -0.15) is 5.10 Å². The van der Waals surface area contributed by atoms with Crippen molar-refractivity contribution < 1.29 is 17.9 Å². The number of carbonyl (C=O) groups is 1. The highest BCUT2D eigenvalue weighted by atomic mass is 32.2. The molecule has 8 nitrogen and oxygen atoms in total. The lowest BCUT2D eigenvalue weighted by molar-refractivity contribution is 0.101. The average molecular weight is 370 g/mol. The molecule has 132 valence electrons. The van der Waals surface area contributed by atoms with Gasteiger partial charge in [-0.3, -0.25) is 9.89 Å². The first kappa shape index (κ1) is 16.3. The van der Waals surface area contributed by atoms with E-state index in [4.69, 9.17) is 9.88 Å². The fourth-order valence-corrected chi connectivity index (χ4v) is 3.29. The summed E-state index contributed by atoms with van der Waals surface area (Å²) in [5.41, 5.74) is 2.90. The van der Waals surface area contributed by atoms with Crippen molar-refractivity contribution in [3.05, 3.63) is 59.8 Å². The van der Waals surface area contributed by atoms with Crippen LogP contribution in [0.2, 0.25) is 0 Å². The Balaban J connectivity index is 1.60. The summed E-state index contributed by atoms with van der Waals surface area (Å²) in [5.74, 6) is 0.321. The lowest BCUT2D eigenvalue weighted by Crippen LogP contribution is -2.17. The summed E-state index contributed by atoms with van der Waals surface area (Å²) >= 11 is 0. The normalized spacial score (nSPS) is 12.7. The van der Waals surface area contributed by atoms with Gasteiger partial charge in [0.1, 0.15) is 23.7 Å². The van der Waals surface area contributed by atoms with E-state index in [0.29, 0.717) is 22.6 Å². The fourth-order valence-electron chi connectivity index (χ4n) is 2.78. The first-order chi connectivity index (χ1) is 12.4. The standard InChI is InChI=1S/C17H14N4O4S/c18-26(23,24)11-7-5-10(6-8-11)19-17(22)16-13-9-25-14-4-2-1-3-12(14)15(13)20-21-16/h1-8H,9H2,(H,19,22)(H,20,21)(H2,18,23,24). The van der Waals surface area contributed by atoms with Crippen LogP contribution in [0.25, 0.3) is 11.3 Å². The Morgan fingerprint density at radius 1 is 1.15 bits per heavy atom. The number of aromatic nitrogens is 2. The minimum atomic E-state index is -3.78. The Kier molecular flexibility index (Phi) is 3.74. The molecule has 1 aromatic heterocycles. The summed E-state index contributed by atoms with van der Waals surface area (Å²) in [7, 11) is -3.78. The van der Waals surface area contributed by atoms with Crippen LogP contribution < -0.4 is 15.2 Å². The van der Waals surface area contributed by atoms with E-state index in [9.17, 15) is 13.2 Å². The second-order valence-electron chi connectivity index (χ2n) is 5.73. The average Bonchev–Trinajstić information content (AvgIpc) is 3.06. The van der Waals surface area contributed by atoms with Gasteiger partial charge >= 0.3 is 0 Å². The minimum absolute atomic E-state index is 0.0283. The zero-order valence-corrected chi connectivity index (χ0v) is 14.2. The predicted octanol–water partition coefficient (Wildman–Crippen LogP) is 1.87. The van der Waals surface area contributed by atoms with E-state index in [1.165, 1.54) is 24.3 Å². The predicted molar refractivity (Wildman–Crippen MR) is 94.1 cm³/mol. The number of H-pyrrole nitrogens is 1. The number of rotatable bonds is 3. The van der Waals surface area contributed by atoms with Gasteiger partial charge in [0.15, 0.2) is 0 Å². The molecule has 1 aliphatic rings. The third-order valence-corrected chi connectivity index (χ3v) is 4.98. The van der Waals surface area contributed by atoms with Crippen molar-refractivity contribution in [1.82, 2.24) is 10.2 Å². The van der Waals surface area contributed by atoms with E-state index >= 15 is 0 Å². The second-order valence-corrected chi connectivity index (χ2v) is 7.30. The van der Waals surface area contributed by atoms with Gasteiger partial charge < -0.3 is 10.1 Å². The molecule has 0 bridgehead atoms. The number of hydrogen-bond donors (Lipinski definition) is 3. The number of primary sulfonamides is 1. The molecule has 26 heavy (non-hydrogen) atoms. The molecule has 0 aliphatic carbocycles. The second kappa shape index (κ2) is 5.97. The van der Waals surface area contributed by atoms with Gasteiger partial charge in [-0.25, -0.2) is 13.6 Å². The maximum atomic E-state index is 12.6. The fraction of sp³-hybridized carbons (Fsp3) is 0.0588. The van der Waals surface area contributed by atoms with Crippen LogP contribution in [0, 0.1) is 0 Å². The summed E-state index contributed by atoms with van der Waals surface area (Å²) in [4.78, 5) is 12.5. The number of nitrogens with two attached hydrogens (primary N) is 1. The molecule has 2 heterocycles. The molecule has 1 amide bonds. The number of aromatic amines is 1. The van der Waals surface area contributed by atoms with E-state index in [-0.39, 0.29) is 11.5 Å². The van der Waals surface area contributed by atoms with E-state index in [2.05, 4.69) is 15.5 Å². The van der Waals surface area contributed by atoms with E-state index in [1.807, 2.05) is 24.3 Å². The molecule has 0 fully saturated rings. The van der Waals surface area contributed by atoms with Crippen LogP contribution in [0.5, 0.6) is 5.75 Å². The number of nitrogens with zero attached hydrogens (tertiary/aromatic N) is 1. The van der Waals surface area contributed by atoms with Gasteiger partial charge in [-0.15, -0.1) is 0 Å². The van der Waals surface area contributed by atoms with Crippen molar-refractivity contribution >= 4 is 21.6 Å². The first-order valence-electron chi connectivity index (χ1n) is 7.67. The van der Waals surface area contributed by atoms with Gasteiger partial charge in [-0.1, -0.05) is 12.1 Å². The van der Waals surface area contributed by atoms with Crippen LogP contribution in [0.1, 0.15) is 16.1 Å². The molecule has 2 aromatic carbocycles. The highest BCUT2D eigenvalue weighted by molar-refractivity contribution is 7.89. The highest BCUT2D eigenvalue weighted by Gasteiger charge is 2.26. The molecule has 3 aromatic rings. The summed E-state index contributed by atoms with van der Waals surface area (Å²) in [6.45, 7) is 0.232. The lowest BCUT2D eigenvalue weighted by atomic mass is 10.0. The number of anilines is 1. The molecule has 0 radical (unpaired) electrons. The molecule has 9 heteroatoms. The number of fused-ring (bicyclic) bond motifs is 3. The molecule has 1 aliphatic heterocycles. The van der Waals surface area contributed by atoms with Crippen molar-refractivity contribution in [2.24, 2.45) is 5.14 Å². The smallest absolute Gasteiger partial charge is 0.274 e. The molecular weight excluding hydrogens is 356 g/mol. The van der Waals surface area contributed by atoms with Gasteiger partial charge in [0.05, 0.1) is 4.90 Å². The molecular formula is C17H14N4O4S. The summed E-state index contributed by atoms with van der Waals surface area (Å²) < 4.78 is 28.2. The van der Waals surface area contributed by atoms with Gasteiger partial charge in [-0.05, 0) is 36.4 Å². The zero-order valence-electron chi connectivity index (χ0n) is 13.4. The SMILES string of the molecule is NS(=O)(=O)c1ccc(NC(=O)c2[nH]nc3c2COc2ccccc2-3)cc1. The first-order valence-corrected chi connectivity index (χ1v) is 9.22. The van der Waals surface area contributed by atoms with Crippen molar-refractivity contribution in [3.63, 3.8) is 0 Å². The highest BCUT2D eigenvalue weighted by Crippen LogP contribution is 2.37. The third kappa shape index (κ3) is 2.83. The topological polar surface area (TPSA) is 127 Å². The molecule has 0 spiro atoms. The number of benzene rings is 2. The molecule has 4 N–H and O–H groups in total. The molecule has 0 unspecified atom stereocenters. The maximum absolute atomic E-state index is 12.6. The molecule has 4 rings (SSSR count). The Bertz CT molecular complexity index is 1100. The van der Waals surface area contributed by atoms with Crippen molar-refractivity contribution in [2.75, 3.05) is 5.32 Å². The summed E-state index contributed by atoms with van der Waals surface area (Å²) in [5, 5.41) is 14.8. The van der Waals surface area contributed by atoms with Crippen LogP contribution in [0.15, 0.2) is 53.4 Å². The number of carbonyl (C=O) groups excluding carboxylic acids is 1. The van der Waals surface area contributed by atoms with Crippen LogP contribution in [-0.4, -0.2) is 24.5 Å². The lowest BCUT2D eigenvalue weighted by Gasteiger charge is -2.17. The van der Waals surface area contributed by atoms with Crippen LogP contribution in [0.3, 0.4) is 0 Å². The van der Waals surface area contributed by atoms with Crippen molar-refractivity contribution in [3.8, 4) is 17.0 Å². The largest absolute Gasteiger partial charge is 0.488 e. The summed E-state index contributed by atoms with van der Waals surface area (Å²) in [6.07, 6.45) is 0. The number of hydrogen-bond acceptors (Lipinski definition) is 5. The van der Waals surface area contributed by atoms with Crippen LogP contribution >= 0.6 is 0 Å². The maximum Gasteiger partial charge on any atom is 0.274 e.